The number of aliphatic hydroxyl groups is 1. The molecule has 0 radical (unpaired) electrons. The molecular weight excluding hydrogens is 252 g/mol. The molecule has 0 unspecified atom stereocenters. The van der Waals surface area contributed by atoms with Gasteiger partial charge in [0.15, 0.2) is 0 Å². The first-order valence-electron chi connectivity index (χ1n) is 5.50. The van der Waals surface area contributed by atoms with E-state index in [1.165, 1.54) is 11.8 Å². The molecule has 94 valence electrons. The number of nitro benzene ring substituents is 1. The van der Waals surface area contributed by atoms with Gasteiger partial charge in [0.1, 0.15) is 0 Å². The summed E-state index contributed by atoms with van der Waals surface area (Å²) in [5, 5.41) is 20.5. The van der Waals surface area contributed by atoms with Crippen LogP contribution in [0, 0.1) is 10.1 Å². The maximum Gasteiger partial charge on any atom is 0.292 e. The summed E-state index contributed by atoms with van der Waals surface area (Å²) in [7, 11) is 0. The molecule has 1 aromatic heterocycles. The molecule has 5 nitrogen and oxygen atoms in total. The van der Waals surface area contributed by atoms with Crippen molar-refractivity contribution in [1.82, 2.24) is 4.98 Å². The van der Waals surface area contributed by atoms with Gasteiger partial charge >= 0.3 is 0 Å². The standard InChI is InChI=1S/C12H12N2O3S/c15-7-2-8-18-11-5-4-10-9(3-1-6-13-10)12(11)14(16)17/h1,3-6,15H,2,7-8H2. The molecule has 0 saturated heterocycles. The molecule has 0 fully saturated rings. The van der Waals surface area contributed by atoms with Crippen molar-refractivity contribution in [2.75, 3.05) is 12.4 Å². The average molecular weight is 264 g/mol. The maximum absolute atomic E-state index is 11.2. The van der Waals surface area contributed by atoms with Crippen molar-refractivity contribution in [2.24, 2.45) is 0 Å². The van der Waals surface area contributed by atoms with Crippen LogP contribution in [-0.2, 0) is 0 Å². The van der Waals surface area contributed by atoms with Crippen LogP contribution >= 0.6 is 11.8 Å². The molecule has 0 aliphatic heterocycles. The van der Waals surface area contributed by atoms with Crippen molar-refractivity contribution in [3.05, 3.63) is 40.6 Å². The summed E-state index contributed by atoms with van der Waals surface area (Å²) in [6.45, 7) is 0.0932. The first-order valence-corrected chi connectivity index (χ1v) is 6.48. The quantitative estimate of drug-likeness (QED) is 0.389. The van der Waals surface area contributed by atoms with E-state index in [2.05, 4.69) is 4.98 Å². The Kier molecular flexibility index (Phi) is 4.11. The van der Waals surface area contributed by atoms with Crippen LogP contribution in [0.1, 0.15) is 6.42 Å². The normalized spacial score (nSPS) is 10.7. The van der Waals surface area contributed by atoms with E-state index >= 15 is 0 Å². The number of rotatable bonds is 5. The minimum Gasteiger partial charge on any atom is -0.396 e. The lowest BCUT2D eigenvalue weighted by Crippen LogP contribution is -1.94. The van der Waals surface area contributed by atoms with Crippen LogP contribution < -0.4 is 0 Å². The van der Waals surface area contributed by atoms with Crippen molar-refractivity contribution < 1.29 is 10.0 Å². The Hall–Kier alpha value is -1.66. The van der Waals surface area contributed by atoms with E-state index < -0.39 is 0 Å². The highest BCUT2D eigenvalue weighted by Gasteiger charge is 2.18. The highest BCUT2D eigenvalue weighted by atomic mass is 32.2. The minimum absolute atomic E-state index is 0.0932. The van der Waals surface area contributed by atoms with Crippen LogP contribution in [0.15, 0.2) is 35.4 Å². The predicted octanol–water partition coefficient (Wildman–Crippen LogP) is 2.62. The van der Waals surface area contributed by atoms with Gasteiger partial charge < -0.3 is 5.11 Å². The number of benzene rings is 1. The third-order valence-corrected chi connectivity index (χ3v) is 3.60. The fourth-order valence-electron chi connectivity index (χ4n) is 1.67. The monoisotopic (exact) mass is 264 g/mol. The van der Waals surface area contributed by atoms with Gasteiger partial charge in [-0.3, -0.25) is 15.1 Å². The van der Waals surface area contributed by atoms with Gasteiger partial charge in [0.05, 0.1) is 20.7 Å². The van der Waals surface area contributed by atoms with E-state index in [1.807, 2.05) is 0 Å². The summed E-state index contributed by atoms with van der Waals surface area (Å²) in [6, 6.07) is 6.90. The van der Waals surface area contributed by atoms with Gasteiger partial charge in [-0.2, -0.15) is 0 Å². The van der Waals surface area contributed by atoms with Crippen LogP contribution in [0.2, 0.25) is 0 Å². The molecule has 0 saturated carbocycles. The lowest BCUT2D eigenvalue weighted by atomic mass is 10.2. The second-order valence-corrected chi connectivity index (χ2v) is 4.80. The van der Waals surface area contributed by atoms with Gasteiger partial charge in [0.25, 0.3) is 5.69 Å². The highest BCUT2D eigenvalue weighted by Crippen LogP contribution is 2.35. The molecule has 1 aromatic carbocycles. The number of thioether (sulfide) groups is 1. The smallest absolute Gasteiger partial charge is 0.292 e. The van der Waals surface area contributed by atoms with E-state index in [0.29, 0.717) is 28.0 Å². The van der Waals surface area contributed by atoms with Crippen molar-refractivity contribution >= 4 is 28.4 Å². The molecule has 2 rings (SSSR count). The third kappa shape index (κ3) is 2.60. The minimum atomic E-state index is -0.370. The zero-order valence-electron chi connectivity index (χ0n) is 9.57. The Morgan fingerprint density at radius 2 is 2.22 bits per heavy atom. The summed E-state index contributed by atoms with van der Waals surface area (Å²) >= 11 is 1.39. The molecule has 1 heterocycles. The number of aromatic nitrogens is 1. The van der Waals surface area contributed by atoms with Gasteiger partial charge in [-0.05, 0) is 30.7 Å². The number of nitrogens with zero attached hydrogens (tertiary/aromatic N) is 2. The lowest BCUT2D eigenvalue weighted by Gasteiger charge is -2.05. The topological polar surface area (TPSA) is 76.3 Å². The Balaban J connectivity index is 2.46. The molecule has 1 N–H and O–H groups in total. The van der Waals surface area contributed by atoms with Gasteiger partial charge in [-0.25, -0.2) is 0 Å². The van der Waals surface area contributed by atoms with Crippen LogP contribution in [0.3, 0.4) is 0 Å². The van der Waals surface area contributed by atoms with Crippen LogP contribution in [0.5, 0.6) is 0 Å². The average Bonchev–Trinajstić information content (AvgIpc) is 2.38. The predicted molar refractivity (Wildman–Crippen MR) is 70.8 cm³/mol. The molecule has 18 heavy (non-hydrogen) atoms. The summed E-state index contributed by atoms with van der Waals surface area (Å²) in [5.41, 5.74) is 0.722. The zero-order valence-corrected chi connectivity index (χ0v) is 10.4. The van der Waals surface area contributed by atoms with Crippen molar-refractivity contribution in [2.45, 2.75) is 11.3 Å². The van der Waals surface area contributed by atoms with Crippen molar-refractivity contribution in [3.8, 4) is 0 Å². The maximum atomic E-state index is 11.2. The summed E-state index contributed by atoms with van der Waals surface area (Å²) in [4.78, 5) is 15.5. The SMILES string of the molecule is O=[N+]([O-])c1c(SCCCO)ccc2ncccc12. The number of aliphatic hydroxyl groups excluding tert-OH is 1. The first kappa shape index (κ1) is 12.8. The van der Waals surface area contributed by atoms with Crippen LogP contribution in [-0.4, -0.2) is 27.4 Å². The van der Waals surface area contributed by atoms with Crippen molar-refractivity contribution in [1.29, 1.82) is 0 Å². The molecule has 6 heteroatoms. The highest BCUT2D eigenvalue weighted by molar-refractivity contribution is 7.99. The molecule has 2 aromatic rings. The summed E-state index contributed by atoms with van der Waals surface area (Å²) < 4.78 is 0. The second kappa shape index (κ2) is 5.79. The van der Waals surface area contributed by atoms with E-state index in [9.17, 15) is 10.1 Å². The second-order valence-electron chi connectivity index (χ2n) is 3.67. The lowest BCUT2D eigenvalue weighted by molar-refractivity contribution is -0.385. The number of pyridine rings is 1. The molecule has 0 spiro atoms. The Morgan fingerprint density at radius 3 is 2.94 bits per heavy atom. The van der Waals surface area contributed by atoms with Gasteiger partial charge in [0, 0.05) is 18.6 Å². The van der Waals surface area contributed by atoms with E-state index in [4.69, 9.17) is 5.11 Å². The Labute approximate surface area is 108 Å². The van der Waals surface area contributed by atoms with Crippen LogP contribution in [0.4, 0.5) is 5.69 Å². The van der Waals surface area contributed by atoms with E-state index in [-0.39, 0.29) is 17.2 Å². The molecule has 0 bridgehead atoms. The summed E-state index contributed by atoms with van der Waals surface area (Å²) in [6.07, 6.45) is 2.23. The Morgan fingerprint density at radius 1 is 1.39 bits per heavy atom. The molecular formula is C12H12N2O3S. The van der Waals surface area contributed by atoms with Gasteiger partial charge in [0.2, 0.25) is 0 Å². The number of fused-ring (bicyclic) bond motifs is 1. The fourth-order valence-corrected chi connectivity index (χ4v) is 2.65. The van der Waals surface area contributed by atoms with E-state index in [0.717, 1.165) is 0 Å². The molecule has 0 amide bonds. The zero-order chi connectivity index (χ0) is 13.0. The molecule has 0 atom stereocenters. The Bertz CT molecular complexity index is 574. The van der Waals surface area contributed by atoms with E-state index in [1.54, 1.807) is 30.5 Å². The van der Waals surface area contributed by atoms with Crippen molar-refractivity contribution in [3.63, 3.8) is 0 Å². The van der Waals surface area contributed by atoms with Crippen LogP contribution in [0.25, 0.3) is 10.9 Å². The molecule has 0 aliphatic carbocycles. The van der Waals surface area contributed by atoms with Gasteiger partial charge in [-0.1, -0.05) is 0 Å². The fraction of sp³-hybridized carbons (Fsp3) is 0.250. The number of hydrogen-bond acceptors (Lipinski definition) is 5. The number of hydrogen-bond donors (Lipinski definition) is 1. The molecule has 0 aliphatic rings. The van der Waals surface area contributed by atoms with Gasteiger partial charge in [-0.15, -0.1) is 11.8 Å². The number of nitro groups is 1. The largest absolute Gasteiger partial charge is 0.396 e. The first-order chi connectivity index (χ1) is 8.74. The third-order valence-electron chi connectivity index (χ3n) is 2.46. The summed E-state index contributed by atoms with van der Waals surface area (Å²) in [5.74, 6) is 0.656.